The molecule has 0 amide bonds. The molecule has 0 aromatic heterocycles. The van der Waals surface area contributed by atoms with Crippen LogP contribution in [0.3, 0.4) is 0 Å². The van der Waals surface area contributed by atoms with E-state index in [1.54, 1.807) is 0 Å². The summed E-state index contributed by atoms with van der Waals surface area (Å²) in [5.74, 6) is 0.748. The lowest BCUT2D eigenvalue weighted by Gasteiger charge is -2.24. The van der Waals surface area contributed by atoms with Crippen LogP contribution in [0.1, 0.15) is 27.2 Å². The molecule has 66 valence electrons. The molecule has 1 rings (SSSR count). The van der Waals surface area contributed by atoms with Gasteiger partial charge in [0, 0.05) is 6.54 Å². The number of hydrogen-bond acceptors (Lipinski definition) is 2. The Morgan fingerprint density at radius 3 is 2.73 bits per heavy atom. The van der Waals surface area contributed by atoms with E-state index >= 15 is 0 Å². The first-order chi connectivity index (χ1) is 4.99. The minimum atomic E-state index is 0.0736. The summed E-state index contributed by atoms with van der Waals surface area (Å²) in [5, 5.41) is 0. The zero-order valence-corrected chi connectivity index (χ0v) is 8.05. The lowest BCUT2D eigenvalue weighted by atomic mass is 9.95. The van der Waals surface area contributed by atoms with Crippen molar-refractivity contribution in [2.45, 2.75) is 32.8 Å². The summed E-state index contributed by atoms with van der Waals surface area (Å²) in [6, 6.07) is 0. The summed E-state index contributed by atoms with van der Waals surface area (Å²) < 4.78 is 5.70. The zero-order valence-electron chi connectivity index (χ0n) is 8.05. The average Bonchev–Trinajstić information content (AvgIpc) is 1.90. The topological polar surface area (TPSA) is 12.5 Å². The summed E-state index contributed by atoms with van der Waals surface area (Å²) in [6.45, 7) is 8.55. The maximum absolute atomic E-state index is 5.70. The number of hydrogen-bond donors (Lipinski definition) is 0. The SMILES string of the molecule is C[C@H]1CN(C)COC(C)(C)C1. The molecule has 0 aromatic carbocycles. The van der Waals surface area contributed by atoms with Crippen LogP contribution in [0.4, 0.5) is 0 Å². The van der Waals surface area contributed by atoms with Gasteiger partial charge in [0.15, 0.2) is 0 Å². The van der Waals surface area contributed by atoms with Crippen LogP contribution < -0.4 is 0 Å². The Labute approximate surface area is 69.5 Å². The first-order valence-electron chi connectivity index (χ1n) is 4.32. The molecule has 1 aliphatic heterocycles. The highest BCUT2D eigenvalue weighted by molar-refractivity contribution is 4.75. The van der Waals surface area contributed by atoms with Crippen LogP contribution in [0.15, 0.2) is 0 Å². The van der Waals surface area contributed by atoms with Crippen molar-refractivity contribution in [3.63, 3.8) is 0 Å². The van der Waals surface area contributed by atoms with E-state index in [0.717, 1.165) is 25.6 Å². The van der Waals surface area contributed by atoms with Crippen molar-refractivity contribution < 1.29 is 4.74 Å². The minimum Gasteiger partial charge on any atom is -0.360 e. The van der Waals surface area contributed by atoms with Gasteiger partial charge in [-0.15, -0.1) is 0 Å². The van der Waals surface area contributed by atoms with E-state index in [1.807, 2.05) is 0 Å². The van der Waals surface area contributed by atoms with E-state index in [9.17, 15) is 0 Å². The van der Waals surface area contributed by atoms with Crippen LogP contribution in [0.5, 0.6) is 0 Å². The molecule has 0 unspecified atom stereocenters. The Hall–Kier alpha value is -0.0800. The first-order valence-corrected chi connectivity index (χ1v) is 4.32. The summed E-state index contributed by atoms with van der Waals surface area (Å²) in [7, 11) is 2.11. The molecule has 1 heterocycles. The van der Waals surface area contributed by atoms with Gasteiger partial charge in [0.05, 0.1) is 12.3 Å². The highest BCUT2D eigenvalue weighted by Gasteiger charge is 2.26. The van der Waals surface area contributed by atoms with Gasteiger partial charge < -0.3 is 4.74 Å². The summed E-state index contributed by atoms with van der Waals surface area (Å²) in [5.41, 5.74) is 0.0736. The Morgan fingerprint density at radius 1 is 1.45 bits per heavy atom. The van der Waals surface area contributed by atoms with Crippen LogP contribution in [0.2, 0.25) is 0 Å². The highest BCUT2D eigenvalue weighted by atomic mass is 16.5. The van der Waals surface area contributed by atoms with Crippen molar-refractivity contribution in [1.29, 1.82) is 0 Å². The van der Waals surface area contributed by atoms with Crippen molar-refractivity contribution >= 4 is 0 Å². The van der Waals surface area contributed by atoms with Gasteiger partial charge in [-0.1, -0.05) is 6.92 Å². The fourth-order valence-corrected chi connectivity index (χ4v) is 1.83. The third-order valence-electron chi connectivity index (χ3n) is 2.14. The molecule has 0 radical (unpaired) electrons. The second kappa shape index (κ2) is 3.11. The van der Waals surface area contributed by atoms with Crippen molar-refractivity contribution in [2.24, 2.45) is 5.92 Å². The van der Waals surface area contributed by atoms with Gasteiger partial charge in [-0.3, -0.25) is 4.90 Å². The largest absolute Gasteiger partial charge is 0.360 e. The van der Waals surface area contributed by atoms with Gasteiger partial charge in [0.1, 0.15) is 0 Å². The molecular weight excluding hydrogens is 138 g/mol. The molecule has 11 heavy (non-hydrogen) atoms. The molecule has 0 aliphatic carbocycles. The maximum atomic E-state index is 5.70. The van der Waals surface area contributed by atoms with E-state index in [1.165, 1.54) is 0 Å². The fourth-order valence-electron chi connectivity index (χ4n) is 1.83. The molecular formula is C9H19NO. The van der Waals surface area contributed by atoms with E-state index in [2.05, 4.69) is 32.7 Å². The fraction of sp³-hybridized carbons (Fsp3) is 1.00. The predicted molar refractivity (Wildman–Crippen MR) is 46.4 cm³/mol. The molecule has 0 bridgehead atoms. The third-order valence-corrected chi connectivity index (χ3v) is 2.14. The molecule has 2 heteroatoms. The molecule has 0 aromatic rings. The first kappa shape index (κ1) is 9.01. The van der Waals surface area contributed by atoms with Crippen LogP contribution in [-0.4, -0.2) is 30.8 Å². The molecule has 2 nitrogen and oxygen atoms in total. The lowest BCUT2D eigenvalue weighted by Crippen LogP contribution is -2.26. The summed E-state index contributed by atoms with van der Waals surface area (Å²) >= 11 is 0. The van der Waals surface area contributed by atoms with Gasteiger partial charge >= 0.3 is 0 Å². The summed E-state index contributed by atoms with van der Waals surface area (Å²) in [6.07, 6.45) is 1.16. The number of ether oxygens (including phenoxy) is 1. The second-order valence-electron chi connectivity index (χ2n) is 4.38. The van der Waals surface area contributed by atoms with Gasteiger partial charge in [-0.2, -0.15) is 0 Å². The second-order valence-corrected chi connectivity index (χ2v) is 4.38. The predicted octanol–water partition coefficient (Wildman–Crippen LogP) is 1.71. The van der Waals surface area contributed by atoms with E-state index in [0.29, 0.717) is 0 Å². The maximum Gasteiger partial charge on any atom is 0.0995 e. The smallest absolute Gasteiger partial charge is 0.0995 e. The molecule has 0 spiro atoms. The zero-order chi connectivity index (χ0) is 8.48. The molecule has 0 N–H and O–H groups in total. The third kappa shape index (κ3) is 2.80. The van der Waals surface area contributed by atoms with Crippen LogP contribution in [-0.2, 0) is 4.74 Å². The quantitative estimate of drug-likeness (QED) is 0.531. The standard InChI is InChI=1S/C9H19NO/c1-8-5-9(2,3)11-7-10(4)6-8/h8H,5-7H2,1-4H3/t8-/m1/s1. The van der Waals surface area contributed by atoms with E-state index in [-0.39, 0.29) is 5.60 Å². The van der Waals surface area contributed by atoms with Gasteiger partial charge in [-0.05, 0) is 33.2 Å². The highest BCUT2D eigenvalue weighted by Crippen LogP contribution is 2.23. The number of nitrogens with zero attached hydrogens (tertiary/aromatic N) is 1. The minimum absolute atomic E-state index is 0.0736. The Balaban J connectivity index is 2.53. The molecule has 1 saturated heterocycles. The lowest BCUT2D eigenvalue weighted by molar-refractivity contribution is -0.0523. The van der Waals surface area contributed by atoms with Crippen LogP contribution in [0.25, 0.3) is 0 Å². The van der Waals surface area contributed by atoms with Crippen molar-refractivity contribution in [3.05, 3.63) is 0 Å². The Bertz CT molecular complexity index is 134. The van der Waals surface area contributed by atoms with E-state index in [4.69, 9.17) is 4.74 Å². The Kier molecular flexibility index (Phi) is 2.55. The van der Waals surface area contributed by atoms with Gasteiger partial charge in [0.25, 0.3) is 0 Å². The molecule has 1 atom stereocenters. The average molecular weight is 157 g/mol. The number of rotatable bonds is 0. The Morgan fingerprint density at radius 2 is 2.09 bits per heavy atom. The van der Waals surface area contributed by atoms with Gasteiger partial charge in [0.2, 0.25) is 0 Å². The normalized spacial score (nSPS) is 33.3. The van der Waals surface area contributed by atoms with Crippen molar-refractivity contribution in [2.75, 3.05) is 20.3 Å². The van der Waals surface area contributed by atoms with Crippen LogP contribution in [0, 0.1) is 5.92 Å². The van der Waals surface area contributed by atoms with Gasteiger partial charge in [-0.25, -0.2) is 0 Å². The van der Waals surface area contributed by atoms with Crippen molar-refractivity contribution in [1.82, 2.24) is 4.90 Å². The van der Waals surface area contributed by atoms with Crippen molar-refractivity contribution in [3.8, 4) is 0 Å². The molecule has 1 aliphatic rings. The van der Waals surface area contributed by atoms with Crippen LogP contribution >= 0.6 is 0 Å². The molecule has 0 saturated carbocycles. The summed E-state index contributed by atoms with van der Waals surface area (Å²) in [4.78, 5) is 2.24. The van der Waals surface area contributed by atoms with E-state index < -0.39 is 0 Å². The monoisotopic (exact) mass is 157 g/mol. The molecule has 1 fully saturated rings.